The standard InChI is InChI=1S/C16H13F2NO2/c17-12-3-5-15(14(18)8-12)21-13-4-1-10-2-6-16(20)19-9-11(10)7-13/h1,3-5,7-8H,2,6,9H2,(H,19,20). The van der Waals surface area contributed by atoms with Crippen LogP contribution in [0.5, 0.6) is 11.5 Å². The quantitative estimate of drug-likeness (QED) is 0.921. The molecule has 1 heterocycles. The largest absolute Gasteiger partial charge is 0.454 e. The zero-order valence-electron chi connectivity index (χ0n) is 11.2. The lowest BCUT2D eigenvalue weighted by molar-refractivity contribution is -0.121. The zero-order chi connectivity index (χ0) is 14.8. The Kier molecular flexibility index (Phi) is 3.56. The molecule has 21 heavy (non-hydrogen) atoms. The average Bonchev–Trinajstić information content (AvgIpc) is 2.64. The average molecular weight is 289 g/mol. The molecule has 0 aliphatic carbocycles. The van der Waals surface area contributed by atoms with Crippen LogP contribution >= 0.6 is 0 Å². The number of nitrogens with one attached hydrogen (secondary N) is 1. The molecule has 1 aliphatic rings. The molecule has 0 bridgehead atoms. The van der Waals surface area contributed by atoms with Crippen molar-refractivity contribution in [3.8, 4) is 11.5 Å². The highest BCUT2D eigenvalue weighted by Crippen LogP contribution is 2.27. The van der Waals surface area contributed by atoms with Crippen LogP contribution in [0.3, 0.4) is 0 Å². The molecule has 2 aromatic carbocycles. The van der Waals surface area contributed by atoms with Crippen molar-refractivity contribution in [1.29, 1.82) is 0 Å². The molecule has 2 aromatic rings. The highest BCUT2D eigenvalue weighted by molar-refractivity contribution is 5.77. The Morgan fingerprint density at radius 2 is 1.86 bits per heavy atom. The molecular weight excluding hydrogens is 276 g/mol. The van der Waals surface area contributed by atoms with Gasteiger partial charge in [0.05, 0.1) is 0 Å². The summed E-state index contributed by atoms with van der Waals surface area (Å²) in [5, 5.41) is 2.79. The molecule has 0 saturated carbocycles. The molecule has 0 fully saturated rings. The first-order valence-electron chi connectivity index (χ1n) is 6.63. The number of amides is 1. The van der Waals surface area contributed by atoms with Crippen molar-refractivity contribution >= 4 is 5.91 Å². The number of carbonyl (C=O) groups excluding carboxylic acids is 1. The van der Waals surface area contributed by atoms with E-state index in [4.69, 9.17) is 4.74 Å². The van der Waals surface area contributed by atoms with E-state index in [1.807, 2.05) is 6.07 Å². The Bertz CT molecular complexity index is 701. The summed E-state index contributed by atoms with van der Waals surface area (Å²) in [5.74, 6) is -0.967. The number of aryl methyl sites for hydroxylation is 1. The molecule has 1 N–H and O–H groups in total. The third-order valence-corrected chi connectivity index (χ3v) is 3.40. The van der Waals surface area contributed by atoms with E-state index in [0.717, 1.165) is 23.3 Å². The monoisotopic (exact) mass is 289 g/mol. The summed E-state index contributed by atoms with van der Waals surface area (Å²) in [4.78, 5) is 11.4. The minimum Gasteiger partial charge on any atom is -0.454 e. The number of ether oxygens (including phenoxy) is 1. The summed E-state index contributed by atoms with van der Waals surface area (Å²) in [6.07, 6.45) is 1.13. The molecule has 3 nitrogen and oxygen atoms in total. The maximum atomic E-state index is 13.6. The summed E-state index contributed by atoms with van der Waals surface area (Å²) in [6.45, 7) is 0.428. The van der Waals surface area contributed by atoms with Crippen LogP contribution in [0.25, 0.3) is 0 Å². The SMILES string of the molecule is O=C1CCc2ccc(Oc3ccc(F)cc3F)cc2CN1. The predicted molar refractivity (Wildman–Crippen MR) is 73.0 cm³/mol. The molecule has 3 rings (SSSR count). The van der Waals surface area contributed by atoms with Gasteiger partial charge in [-0.25, -0.2) is 8.78 Å². The second-order valence-corrected chi connectivity index (χ2v) is 4.88. The Balaban J connectivity index is 1.85. The van der Waals surface area contributed by atoms with E-state index >= 15 is 0 Å². The molecule has 1 aliphatic heterocycles. The fraction of sp³-hybridized carbons (Fsp3) is 0.188. The van der Waals surface area contributed by atoms with E-state index in [2.05, 4.69) is 5.32 Å². The third-order valence-electron chi connectivity index (χ3n) is 3.40. The first kappa shape index (κ1) is 13.5. The molecule has 0 saturated heterocycles. The van der Waals surface area contributed by atoms with E-state index in [1.54, 1.807) is 12.1 Å². The van der Waals surface area contributed by atoms with Crippen molar-refractivity contribution in [3.05, 3.63) is 59.2 Å². The van der Waals surface area contributed by atoms with Crippen LogP contribution in [-0.2, 0) is 17.8 Å². The molecule has 108 valence electrons. The fourth-order valence-electron chi connectivity index (χ4n) is 2.29. The van der Waals surface area contributed by atoms with Gasteiger partial charge < -0.3 is 10.1 Å². The van der Waals surface area contributed by atoms with Crippen LogP contribution in [0.1, 0.15) is 17.5 Å². The molecule has 5 heteroatoms. The van der Waals surface area contributed by atoms with Crippen LogP contribution in [0, 0.1) is 11.6 Å². The van der Waals surface area contributed by atoms with Gasteiger partial charge in [-0.05, 0) is 41.8 Å². The number of benzene rings is 2. The number of halogens is 2. The highest BCUT2D eigenvalue weighted by Gasteiger charge is 2.14. The molecule has 0 radical (unpaired) electrons. The molecule has 0 aromatic heterocycles. The third kappa shape index (κ3) is 3.02. The first-order chi connectivity index (χ1) is 10.1. The fourth-order valence-corrected chi connectivity index (χ4v) is 2.29. The zero-order valence-corrected chi connectivity index (χ0v) is 11.2. The summed E-state index contributed by atoms with van der Waals surface area (Å²) in [5.41, 5.74) is 2.01. The lowest BCUT2D eigenvalue weighted by atomic mass is 10.0. The van der Waals surface area contributed by atoms with Gasteiger partial charge in [-0.3, -0.25) is 4.79 Å². The van der Waals surface area contributed by atoms with Gasteiger partial charge >= 0.3 is 0 Å². The van der Waals surface area contributed by atoms with Crippen molar-refractivity contribution in [2.75, 3.05) is 0 Å². The predicted octanol–water partition coefficient (Wildman–Crippen LogP) is 3.32. The Morgan fingerprint density at radius 3 is 2.67 bits per heavy atom. The van der Waals surface area contributed by atoms with Crippen LogP contribution in [-0.4, -0.2) is 5.91 Å². The van der Waals surface area contributed by atoms with Gasteiger partial charge in [-0.1, -0.05) is 6.07 Å². The minimum atomic E-state index is -0.752. The second kappa shape index (κ2) is 5.52. The van der Waals surface area contributed by atoms with Crippen molar-refractivity contribution in [2.45, 2.75) is 19.4 Å². The lowest BCUT2D eigenvalue weighted by Gasteiger charge is -2.10. The summed E-state index contributed by atoms with van der Waals surface area (Å²) in [7, 11) is 0. The van der Waals surface area contributed by atoms with E-state index < -0.39 is 11.6 Å². The van der Waals surface area contributed by atoms with Gasteiger partial charge in [0.15, 0.2) is 11.6 Å². The van der Waals surface area contributed by atoms with Crippen molar-refractivity contribution in [3.63, 3.8) is 0 Å². The first-order valence-corrected chi connectivity index (χ1v) is 6.63. The smallest absolute Gasteiger partial charge is 0.220 e. The van der Waals surface area contributed by atoms with Crippen LogP contribution < -0.4 is 10.1 Å². The lowest BCUT2D eigenvalue weighted by Crippen LogP contribution is -2.20. The topological polar surface area (TPSA) is 38.3 Å². The van der Waals surface area contributed by atoms with Gasteiger partial charge in [-0.15, -0.1) is 0 Å². The summed E-state index contributed by atoms with van der Waals surface area (Å²) in [6, 6.07) is 8.52. The molecular formula is C16H13F2NO2. The number of hydrogen-bond acceptors (Lipinski definition) is 2. The molecule has 0 atom stereocenters. The maximum Gasteiger partial charge on any atom is 0.220 e. The molecule has 0 spiro atoms. The Labute approximate surface area is 120 Å². The number of fused-ring (bicyclic) bond motifs is 1. The normalized spacial score (nSPS) is 14.1. The Hall–Kier alpha value is -2.43. The van der Waals surface area contributed by atoms with E-state index in [-0.39, 0.29) is 11.7 Å². The maximum absolute atomic E-state index is 13.6. The highest BCUT2D eigenvalue weighted by atomic mass is 19.1. The summed E-state index contributed by atoms with van der Waals surface area (Å²) < 4.78 is 31.9. The van der Waals surface area contributed by atoms with Gasteiger partial charge in [0.25, 0.3) is 0 Å². The van der Waals surface area contributed by atoms with Gasteiger partial charge in [-0.2, -0.15) is 0 Å². The van der Waals surface area contributed by atoms with Gasteiger partial charge in [0, 0.05) is 19.0 Å². The van der Waals surface area contributed by atoms with Crippen LogP contribution in [0.2, 0.25) is 0 Å². The van der Waals surface area contributed by atoms with Crippen molar-refractivity contribution in [1.82, 2.24) is 5.32 Å². The van der Waals surface area contributed by atoms with Crippen LogP contribution in [0.4, 0.5) is 8.78 Å². The number of rotatable bonds is 2. The van der Waals surface area contributed by atoms with Gasteiger partial charge in [0.2, 0.25) is 5.91 Å². The minimum absolute atomic E-state index is 0.0123. The number of hydrogen-bond donors (Lipinski definition) is 1. The summed E-state index contributed by atoms with van der Waals surface area (Å²) >= 11 is 0. The van der Waals surface area contributed by atoms with E-state index in [9.17, 15) is 13.6 Å². The number of carbonyl (C=O) groups is 1. The van der Waals surface area contributed by atoms with E-state index in [0.29, 0.717) is 25.1 Å². The van der Waals surface area contributed by atoms with E-state index in [1.165, 1.54) is 6.07 Å². The molecule has 0 unspecified atom stereocenters. The van der Waals surface area contributed by atoms with Crippen molar-refractivity contribution in [2.24, 2.45) is 0 Å². The molecule has 1 amide bonds. The second-order valence-electron chi connectivity index (χ2n) is 4.88. The van der Waals surface area contributed by atoms with Gasteiger partial charge in [0.1, 0.15) is 11.6 Å². The Morgan fingerprint density at radius 1 is 1.00 bits per heavy atom. The van der Waals surface area contributed by atoms with Crippen molar-refractivity contribution < 1.29 is 18.3 Å². The van der Waals surface area contributed by atoms with Crippen LogP contribution in [0.15, 0.2) is 36.4 Å².